The highest BCUT2D eigenvalue weighted by Gasteiger charge is 2.32. The average molecular weight is 566 g/mol. The summed E-state index contributed by atoms with van der Waals surface area (Å²) < 4.78 is 32.3. The molecular formula is C31H39N3O5S. The Morgan fingerprint density at radius 3 is 2.12 bits per heavy atom. The number of nitrogens with zero attached hydrogens (tertiary/aromatic N) is 2. The number of sulfonamides is 1. The molecule has 0 saturated carbocycles. The third-order valence-corrected chi connectivity index (χ3v) is 7.55. The molecule has 1 unspecified atom stereocenters. The number of benzene rings is 3. The topological polar surface area (TPSA) is 96.0 Å². The predicted octanol–water partition coefficient (Wildman–Crippen LogP) is 4.33. The maximum atomic E-state index is 14.0. The summed E-state index contributed by atoms with van der Waals surface area (Å²) in [6, 6.07) is 22.9. The highest BCUT2D eigenvalue weighted by molar-refractivity contribution is 7.92. The number of hydrogen-bond donors (Lipinski definition) is 1. The van der Waals surface area contributed by atoms with Crippen molar-refractivity contribution in [3.8, 4) is 5.75 Å². The van der Waals surface area contributed by atoms with Crippen LogP contribution >= 0.6 is 0 Å². The van der Waals surface area contributed by atoms with E-state index in [4.69, 9.17) is 4.74 Å². The first-order valence-electron chi connectivity index (χ1n) is 13.5. The van der Waals surface area contributed by atoms with Gasteiger partial charge in [0.15, 0.2) is 0 Å². The molecule has 0 aliphatic rings. The van der Waals surface area contributed by atoms with Crippen molar-refractivity contribution in [2.75, 3.05) is 30.3 Å². The molecule has 2 amide bonds. The first-order valence-corrected chi connectivity index (χ1v) is 15.3. The van der Waals surface area contributed by atoms with E-state index in [0.717, 1.165) is 33.7 Å². The van der Waals surface area contributed by atoms with Gasteiger partial charge in [-0.3, -0.25) is 13.9 Å². The number of carbonyl (C=O) groups excluding carboxylic acids is 2. The lowest BCUT2D eigenvalue weighted by Gasteiger charge is -2.33. The van der Waals surface area contributed by atoms with Gasteiger partial charge in [-0.1, -0.05) is 67.1 Å². The first kappa shape index (κ1) is 30.7. The summed E-state index contributed by atoms with van der Waals surface area (Å²) in [6.45, 7) is 6.44. The maximum absolute atomic E-state index is 14.0. The summed E-state index contributed by atoms with van der Waals surface area (Å²) in [5.41, 5.74) is 3.14. The molecule has 0 aliphatic carbocycles. The highest BCUT2D eigenvalue weighted by Crippen LogP contribution is 2.23. The van der Waals surface area contributed by atoms with Crippen LogP contribution in [0.5, 0.6) is 5.75 Å². The van der Waals surface area contributed by atoms with Gasteiger partial charge in [-0.25, -0.2) is 8.42 Å². The first-order chi connectivity index (χ1) is 19.1. The lowest BCUT2D eigenvalue weighted by molar-refractivity contribution is -0.140. The fourth-order valence-corrected chi connectivity index (χ4v) is 5.15. The molecule has 0 bridgehead atoms. The molecule has 0 saturated heterocycles. The van der Waals surface area contributed by atoms with Gasteiger partial charge in [0, 0.05) is 19.5 Å². The van der Waals surface area contributed by atoms with Crippen molar-refractivity contribution in [2.24, 2.45) is 0 Å². The fraction of sp³-hybridized carbons (Fsp3) is 0.355. The largest absolute Gasteiger partial charge is 0.494 e. The molecule has 8 nitrogen and oxygen atoms in total. The zero-order valence-electron chi connectivity index (χ0n) is 23.7. The Hall–Kier alpha value is -3.85. The lowest BCUT2D eigenvalue weighted by Crippen LogP contribution is -2.53. The van der Waals surface area contributed by atoms with E-state index in [9.17, 15) is 18.0 Å². The molecule has 0 spiro atoms. The number of ether oxygens (including phenoxy) is 1. The summed E-state index contributed by atoms with van der Waals surface area (Å²) in [4.78, 5) is 29.0. The minimum Gasteiger partial charge on any atom is -0.494 e. The van der Waals surface area contributed by atoms with E-state index in [0.29, 0.717) is 24.6 Å². The molecule has 40 heavy (non-hydrogen) atoms. The van der Waals surface area contributed by atoms with Gasteiger partial charge in [-0.15, -0.1) is 0 Å². The molecule has 0 aliphatic heterocycles. The van der Waals surface area contributed by atoms with Crippen molar-refractivity contribution in [1.29, 1.82) is 0 Å². The molecule has 0 radical (unpaired) electrons. The Morgan fingerprint density at radius 2 is 1.55 bits per heavy atom. The van der Waals surface area contributed by atoms with Gasteiger partial charge in [-0.2, -0.15) is 0 Å². The number of carbonyl (C=O) groups is 2. The van der Waals surface area contributed by atoms with Crippen LogP contribution in [0.15, 0.2) is 78.9 Å². The second-order valence-corrected chi connectivity index (χ2v) is 11.6. The smallest absolute Gasteiger partial charge is 0.244 e. The number of amides is 2. The van der Waals surface area contributed by atoms with Gasteiger partial charge >= 0.3 is 0 Å². The maximum Gasteiger partial charge on any atom is 0.244 e. The Morgan fingerprint density at radius 1 is 0.900 bits per heavy atom. The summed E-state index contributed by atoms with van der Waals surface area (Å²) in [7, 11) is -3.82. The zero-order valence-corrected chi connectivity index (χ0v) is 24.5. The van der Waals surface area contributed by atoms with Gasteiger partial charge in [0.05, 0.1) is 18.6 Å². The number of nitrogens with one attached hydrogen (secondary N) is 1. The Balaban J connectivity index is 2.01. The standard InChI is InChI=1S/C31H39N3O5S/c1-5-20-32-31(36)29(21-25-10-8-7-9-11-25)33(22-26-14-12-24(3)13-15-26)30(35)23-34(40(4,37)38)27-16-18-28(19-17-27)39-6-2/h7-19,29H,5-6,20-23H2,1-4H3,(H,32,36). The molecule has 214 valence electrons. The Kier molecular flexibility index (Phi) is 11.1. The highest BCUT2D eigenvalue weighted by atomic mass is 32.2. The van der Waals surface area contributed by atoms with E-state index in [1.165, 1.54) is 4.90 Å². The van der Waals surface area contributed by atoms with Crippen molar-refractivity contribution in [1.82, 2.24) is 10.2 Å². The lowest BCUT2D eigenvalue weighted by atomic mass is 10.0. The molecule has 0 aromatic heterocycles. The summed E-state index contributed by atoms with van der Waals surface area (Å²) >= 11 is 0. The van der Waals surface area contributed by atoms with E-state index in [-0.39, 0.29) is 18.9 Å². The Labute approximate surface area is 238 Å². The molecule has 0 fully saturated rings. The molecule has 9 heteroatoms. The van der Waals surface area contributed by atoms with Gasteiger partial charge in [0.25, 0.3) is 0 Å². The number of aryl methyl sites for hydroxylation is 1. The van der Waals surface area contributed by atoms with E-state index in [2.05, 4.69) is 5.32 Å². The van der Waals surface area contributed by atoms with Crippen molar-refractivity contribution in [3.63, 3.8) is 0 Å². The number of anilines is 1. The monoisotopic (exact) mass is 565 g/mol. The fourth-order valence-electron chi connectivity index (χ4n) is 4.30. The van der Waals surface area contributed by atoms with E-state index >= 15 is 0 Å². The van der Waals surface area contributed by atoms with Crippen molar-refractivity contribution in [3.05, 3.63) is 95.6 Å². The molecule has 3 aromatic rings. The van der Waals surface area contributed by atoms with Crippen LogP contribution in [0.1, 0.15) is 37.0 Å². The third-order valence-electron chi connectivity index (χ3n) is 6.41. The molecular weight excluding hydrogens is 526 g/mol. The quantitative estimate of drug-likeness (QED) is 0.314. The van der Waals surface area contributed by atoms with Crippen molar-refractivity contribution < 1.29 is 22.7 Å². The molecule has 3 rings (SSSR count). The van der Waals surface area contributed by atoms with Crippen LogP contribution in [0.2, 0.25) is 0 Å². The van der Waals surface area contributed by atoms with Gasteiger partial charge in [0.1, 0.15) is 18.3 Å². The van der Waals surface area contributed by atoms with Crippen LogP contribution in [-0.2, 0) is 32.6 Å². The SMILES string of the molecule is CCCNC(=O)C(Cc1ccccc1)N(Cc1ccc(C)cc1)C(=O)CN(c1ccc(OCC)cc1)S(C)(=O)=O. The summed E-state index contributed by atoms with van der Waals surface area (Å²) in [6.07, 6.45) is 2.10. The zero-order chi connectivity index (χ0) is 29.1. The molecule has 1 N–H and O–H groups in total. The van der Waals surface area contributed by atoms with Crippen LogP contribution in [-0.4, -0.2) is 57.1 Å². The summed E-state index contributed by atoms with van der Waals surface area (Å²) in [5.74, 6) is -0.159. The number of hydrogen-bond acceptors (Lipinski definition) is 5. The normalized spacial score (nSPS) is 11.9. The van der Waals surface area contributed by atoms with Crippen LogP contribution < -0.4 is 14.4 Å². The molecule has 3 aromatic carbocycles. The van der Waals surface area contributed by atoms with E-state index in [1.54, 1.807) is 24.3 Å². The van der Waals surface area contributed by atoms with E-state index < -0.39 is 28.5 Å². The minimum absolute atomic E-state index is 0.150. The van der Waals surface area contributed by atoms with E-state index in [1.807, 2.05) is 75.4 Å². The molecule has 0 heterocycles. The number of rotatable bonds is 14. The Bertz CT molecular complexity index is 1340. The van der Waals surface area contributed by atoms with Gasteiger partial charge in [-0.05, 0) is 55.7 Å². The van der Waals surface area contributed by atoms with Crippen LogP contribution in [0, 0.1) is 6.92 Å². The van der Waals surface area contributed by atoms with Crippen LogP contribution in [0.4, 0.5) is 5.69 Å². The van der Waals surface area contributed by atoms with Crippen molar-refractivity contribution in [2.45, 2.75) is 46.2 Å². The predicted molar refractivity (Wildman–Crippen MR) is 159 cm³/mol. The van der Waals surface area contributed by atoms with Crippen molar-refractivity contribution >= 4 is 27.5 Å². The van der Waals surface area contributed by atoms with Gasteiger partial charge in [0.2, 0.25) is 21.8 Å². The summed E-state index contributed by atoms with van der Waals surface area (Å²) in [5, 5.41) is 2.94. The van der Waals surface area contributed by atoms with Crippen LogP contribution in [0.3, 0.4) is 0 Å². The molecule has 1 atom stereocenters. The second kappa shape index (κ2) is 14.5. The second-order valence-electron chi connectivity index (χ2n) is 9.70. The minimum atomic E-state index is -3.82. The average Bonchev–Trinajstić information content (AvgIpc) is 2.94. The third kappa shape index (κ3) is 8.84. The van der Waals surface area contributed by atoms with Crippen LogP contribution in [0.25, 0.3) is 0 Å². The van der Waals surface area contributed by atoms with Gasteiger partial charge < -0.3 is 15.0 Å².